The first-order valence-electron chi connectivity index (χ1n) is 6.90. The van der Waals surface area contributed by atoms with Gasteiger partial charge in [0.05, 0.1) is 5.69 Å². The molecule has 0 saturated carbocycles. The van der Waals surface area contributed by atoms with E-state index in [2.05, 4.69) is 16.9 Å². The molecule has 3 rings (SSSR count). The smallest absolute Gasteiger partial charge is 0.279 e. The van der Waals surface area contributed by atoms with Gasteiger partial charge in [-0.25, -0.2) is 13.9 Å². The van der Waals surface area contributed by atoms with E-state index in [-0.39, 0.29) is 12.2 Å². The lowest BCUT2D eigenvalue weighted by Gasteiger charge is -2.09. The summed E-state index contributed by atoms with van der Waals surface area (Å²) in [5.74, 6) is 5.46. The van der Waals surface area contributed by atoms with Gasteiger partial charge >= 0.3 is 11.2 Å². The van der Waals surface area contributed by atoms with E-state index >= 15 is 0 Å². The van der Waals surface area contributed by atoms with Gasteiger partial charge in [0.15, 0.2) is 0 Å². The average molecular weight is 329 g/mol. The summed E-state index contributed by atoms with van der Waals surface area (Å²) in [7, 11) is 0. The number of rotatable bonds is 2. The Hall–Kier alpha value is -2.78. The van der Waals surface area contributed by atoms with Crippen molar-refractivity contribution < 1.29 is 0 Å². The van der Waals surface area contributed by atoms with Crippen molar-refractivity contribution >= 4 is 17.2 Å². The second-order valence-electron chi connectivity index (χ2n) is 4.92. The predicted molar refractivity (Wildman–Crippen MR) is 88.2 cm³/mol. The number of nitrogens with zero attached hydrogens (tertiary/aromatic N) is 4. The molecule has 0 atom stereocenters. The molecule has 2 aromatic heterocycles. The minimum absolute atomic E-state index is 0.0507. The van der Waals surface area contributed by atoms with Crippen molar-refractivity contribution in [2.75, 3.05) is 0 Å². The number of fused-ring (bicyclic) bond motifs is 1. The second-order valence-corrected chi connectivity index (χ2v) is 5.33. The first kappa shape index (κ1) is 15.1. The molecule has 23 heavy (non-hydrogen) atoms. The van der Waals surface area contributed by atoms with E-state index in [0.717, 1.165) is 5.56 Å². The normalized spacial score (nSPS) is 10.6. The second kappa shape index (κ2) is 5.78. The molecule has 1 aromatic carbocycles. The van der Waals surface area contributed by atoms with Crippen molar-refractivity contribution in [2.24, 2.45) is 0 Å². The molecule has 7 heteroatoms. The summed E-state index contributed by atoms with van der Waals surface area (Å²) >= 11 is 6.12. The summed E-state index contributed by atoms with van der Waals surface area (Å²) in [5, 5.41) is 4.65. The summed E-state index contributed by atoms with van der Waals surface area (Å²) in [5.41, 5.74) is 0.697. The van der Waals surface area contributed by atoms with Crippen LogP contribution in [0.3, 0.4) is 0 Å². The first-order valence-corrected chi connectivity index (χ1v) is 7.28. The lowest BCUT2D eigenvalue weighted by Crippen LogP contribution is -2.24. The fraction of sp³-hybridized carbons (Fsp3) is 0.188. The van der Waals surface area contributed by atoms with E-state index in [1.165, 1.54) is 26.0 Å². The largest absolute Gasteiger partial charge is 0.351 e. The van der Waals surface area contributed by atoms with E-state index < -0.39 is 11.2 Å². The molecule has 2 heterocycles. The van der Waals surface area contributed by atoms with Gasteiger partial charge < -0.3 is 0 Å². The molecule has 0 bridgehead atoms. The van der Waals surface area contributed by atoms with Crippen LogP contribution in [0.2, 0.25) is 5.02 Å². The van der Waals surface area contributed by atoms with E-state index in [0.29, 0.717) is 10.7 Å². The van der Waals surface area contributed by atoms with Crippen molar-refractivity contribution in [1.29, 1.82) is 0 Å². The summed E-state index contributed by atoms with van der Waals surface area (Å²) < 4.78 is 3.82. The molecule has 0 amide bonds. The number of aromatic nitrogens is 4. The molecule has 0 unspecified atom stereocenters. The molecule has 0 radical (unpaired) electrons. The zero-order valence-electron chi connectivity index (χ0n) is 12.6. The van der Waals surface area contributed by atoms with E-state index in [9.17, 15) is 9.59 Å². The molecule has 0 aliphatic rings. The molecule has 0 spiro atoms. The van der Waals surface area contributed by atoms with Crippen LogP contribution in [0.5, 0.6) is 0 Å². The van der Waals surface area contributed by atoms with Gasteiger partial charge in [-0.15, -0.1) is 11.0 Å². The standard InChI is InChI=1S/C16H13ClN4O2/c1-3-4-8-21-16(23)20-10-9-19(15(22)14(20)18-21)13-7-5-6-12(17)11(13)2/h5-7,9-10H,8H2,1-2H3. The summed E-state index contributed by atoms with van der Waals surface area (Å²) in [4.78, 5) is 24.9. The predicted octanol–water partition coefficient (Wildman–Crippen LogP) is 1.63. The van der Waals surface area contributed by atoms with Gasteiger partial charge in [0.25, 0.3) is 0 Å². The van der Waals surface area contributed by atoms with Gasteiger partial charge in [0.2, 0.25) is 5.65 Å². The fourth-order valence-corrected chi connectivity index (χ4v) is 2.48. The third kappa shape index (κ3) is 2.45. The molecule has 0 saturated heterocycles. The number of halogens is 1. The Balaban J connectivity index is 2.27. The Morgan fingerprint density at radius 3 is 2.78 bits per heavy atom. The van der Waals surface area contributed by atoms with Gasteiger partial charge in [-0.3, -0.25) is 9.36 Å². The first-order chi connectivity index (χ1) is 11.0. The molecule has 3 aromatic rings. The zero-order valence-corrected chi connectivity index (χ0v) is 13.3. The van der Waals surface area contributed by atoms with Gasteiger partial charge in [0.1, 0.15) is 6.54 Å². The quantitative estimate of drug-likeness (QED) is 0.672. The molecular weight excluding hydrogens is 316 g/mol. The van der Waals surface area contributed by atoms with Crippen LogP contribution < -0.4 is 11.2 Å². The number of hydrogen-bond donors (Lipinski definition) is 0. The molecule has 0 N–H and O–H groups in total. The van der Waals surface area contributed by atoms with Crippen LogP contribution in [0.15, 0.2) is 40.2 Å². The molecule has 0 aliphatic carbocycles. The third-order valence-corrected chi connectivity index (χ3v) is 3.96. The van der Waals surface area contributed by atoms with Gasteiger partial charge in [-0.1, -0.05) is 23.6 Å². The third-order valence-electron chi connectivity index (χ3n) is 3.55. The Morgan fingerprint density at radius 2 is 2.04 bits per heavy atom. The van der Waals surface area contributed by atoms with Crippen molar-refractivity contribution in [3.8, 4) is 17.5 Å². The maximum Gasteiger partial charge on any atom is 0.351 e. The van der Waals surface area contributed by atoms with Crippen LogP contribution in [0.1, 0.15) is 12.5 Å². The van der Waals surface area contributed by atoms with Crippen LogP contribution in [0, 0.1) is 18.8 Å². The maximum absolute atomic E-state index is 12.7. The Kier molecular flexibility index (Phi) is 3.80. The molecule has 6 nitrogen and oxygen atoms in total. The van der Waals surface area contributed by atoms with Crippen molar-refractivity contribution in [1.82, 2.24) is 18.7 Å². The van der Waals surface area contributed by atoms with Gasteiger partial charge in [-0.05, 0) is 31.5 Å². The van der Waals surface area contributed by atoms with E-state index in [4.69, 9.17) is 11.6 Å². The topological polar surface area (TPSA) is 61.3 Å². The highest BCUT2D eigenvalue weighted by molar-refractivity contribution is 6.31. The number of benzene rings is 1. The Labute approximate surface area is 136 Å². The van der Waals surface area contributed by atoms with Crippen LogP contribution >= 0.6 is 11.6 Å². The van der Waals surface area contributed by atoms with Crippen LogP contribution in [-0.2, 0) is 6.54 Å². The van der Waals surface area contributed by atoms with Crippen molar-refractivity contribution in [3.63, 3.8) is 0 Å². The SMILES string of the molecule is CC#CCn1nc2c(=O)n(-c3cccc(Cl)c3C)ccn2c1=O. The lowest BCUT2D eigenvalue weighted by molar-refractivity contribution is 0.684. The van der Waals surface area contributed by atoms with Crippen molar-refractivity contribution in [2.45, 2.75) is 20.4 Å². The van der Waals surface area contributed by atoms with E-state index in [1.807, 2.05) is 6.92 Å². The molecule has 116 valence electrons. The monoisotopic (exact) mass is 328 g/mol. The minimum atomic E-state index is -0.394. The van der Waals surface area contributed by atoms with Crippen LogP contribution in [0.25, 0.3) is 11.3 Å². The van der Waals surface area contributed by atoms with Gasteiger partial charge in [-0.2, -0.15) is 0 Å². The Bertz CT molecular complexity index is 1080. The van der Waals surface area contributed by atoms with E-state index in [1.54, 1.807) is 25.1 Å². The zero-order chi connectivity index (χ0) is 16.6. The molecular formula is C16H13ClN4O2. The highest BCUT2D eigenvalue weighted by Crippen LogP contribution is 2.20. The Morgan fingerprint density at radius 1 is 1.26 bits per heavy atom. The van der Waals surface area contributed by atoms with Gasteiger partial charge in [0, 0.05) is 17.4 Å². The van der Waals surface area contributed by atoms with Crippen molar-refractivity contribution in [3.05, 3.63) is 62.0 Å². The number of hydrogen-bond acceptors (Lipinski definition) is 3. The summed E-state index contributed by atoms with van der Waals surface area (Å²) in [6.45, 7) is 3.65. The highest BCUT2D eigenvalue weighted by Gasteiger charge is 2.13. The van der Waals surface area contributed by atoms with Crippen LogP contribution in [0.4, 0.5) is 0 Å². The van der Waals surface area contributed by atoms with Crippen LogP contribution in [-0.4, -0.2) is 18.7 Å². The maximum atomic E-state index is 12.7. The minimum Gasteiger partial charge on any atom is -0.279 e. The highest BCUT2D eigenvalue weighted by atomic mass is 35.5. The molecule has 0 aliphatic heterocycles. The summed E-state index contributed by atoms with van der Waals surface area (Å²) in [6, 6.07) is 5.31. The molecule has 0 fully saturated rings. The lowest BCUT2D eigenvalue weighted by atomic mass is 10.2. The summed E-state index contributed by atoms with van der Waals surface area (Å²) in [6.07, 6.45) is 3.05. The fourth-order valence-electron chi connectivity index (χ4n) is 2.31. The average Bonchev–Trinajstić information content (AvgIpc) is 2.86.